The number of fused-ring (bicyclic) bond motifs is 2. The van der Waals surface area contributed by atoms with Gasteiger partial charge in [0.15, 0.2) is 0 Å². The lowest BCUT2D eigenvalue weighted by atomic mass is 10.2. The van der Waals surface area contributed by atoms with E-state index in [0.29, 0.717) is 24.3 Å². The summed E-state index contributed by atoms with van der Waals surface area (Å²) in [6.45, 7) is 1.92. The van der Waals surface area contributed by atoms with E-state index in [0.717, 1.165) is 28.9 Å². The zero-order valence-electron chi connectivity index (χ0n) is 12.5. The minimum absolute atomic E-state index is 0.0282. The quantitative estimate of drug-likeness (QED) is 0.781. The molecule has 0 spiro atoms. The molecule has 0 aliphatic carbocycles. The summed E-state index contributed by atoms with van der Waals surface area (Å²) in [5, 5.41) is 13.6. The fourth-order valence-electron chi connectivity index (χ4n) is 2.94. The van der Waals surface area contributed by atoms with Crippen LogP contribution in [0.2, 0.25) is 0 Å². The van der Waals surface area contributed by atoms with Gasteiger partial charge in [0.25, 0.3) is 5.91 Å². The Labute approximate surface area is 137 Å². The Bertz CT molecular complexity index is 870. The van der Waals surface area contributed by atoms with Crippen molar-refractivity contribution < 1.29 is 9.90 Å². The van der Waals surface area contributed by atoms with Gasteiger partial charge in [0.2, 0.25) is 0 Å². The molecule has 1 aliphatic heterocycles. The van der Waals surface area contributed by atoms with E-state index < -0.39 is 0 Å². The van der Waals surface area contributed by atoms with Gasteiger partial charge in [-0.25, -0.2) is 4.98 Å². The van der Waals surface area contributed by atoms with Gasteiger partial charge in [-0.3, -0.25) is 9.48 Å². The summed E-state index contributed by atoms with van der Waals surface area (Å²) in [5.74, 6) is 0.0282. The molecule has 6 nitrogen and oxygen atoms in total. The third-order valence-electron chi connectivity index (χ3n) is 4.09. The third-order valence-corrected chi connectivity index (χ3v) is 4.88. The summed E-state index contributed by atoms with van der Waals surface area (Å²) in [6, 6.07) is 7.52. The van der Waals surface area contributed by atoms with Crippen molar-refractivity contribution in [2.24, 2.45) is 0 Å². The zero-order chi connectivity index (χ0) is 15.8. The standard InChI is InChI=1S/C16H16N4O2S/c21-9-12-7-13-8-19(4-1-5-20(13)18-12)16(22)11-2-3-14-15(6-11)23-10-17-14/h2-3,6-7,10,21H,1,4-5,8-9H2. The number of hydrogen-bond acceptors (Lipinski definition) is 5. The minimum atomic E-state index is -0.0734. The fraction of sp³-hybridized carbons (Fsp3) is 0.312. The van der Waals surface area contributed by atoms with Crippen LogP contribution in [0.15, 0.2) is 29.8 Å². The molecule has 0 saturated heterocycles. The van der Waals surface area contributed by atoms with E-state index in [1.54, 1.807) is 16.8 Å². The van der Waals surface area contributed by atoms with Crippen LogP contribution in [0, 0.1) is 0 Å². The molecule has 1 aliphatic rings. The highest BCUT2D eigenvalue weighted by atomic mass is 32.1. The molecule has 23 heavy (non-hydrogen) atoms. The van der Waals surface area contributed by atoms with Crippen LogP contribution in [0.4, 0.5) is 0 Å². The summed E-state index contributed by atoms with van der Waals surface area (Å²) >= 11 is 1.54. The van der Waals surface area contributed by atoms with Crippen LogP contribution in [0.1, 0.15) is 28.2 Å². The molecule has 0 fully saturated rings. The van der Waals surface area contributed by atoms with Crippen molar-refractivity contribution >= 4 is 27.5 Å². The minimum Gasteiger partial charge on any atom is -0.390 e. The molecule has 3 heterocycles. The molecule has 0 atom stereocenters. The molecule has 0 saturated carbocycles. The van der Waals surface area contributed by atoms with Gasteiger partial charge in [0.05, 0.1) is 40.3 Å². The average Bonchev–Trinajstić information content (AvgIpc) is 3.15. The number of hydrogen-bond donors (Lipinski definition) is 1. The van der Waals surface area contributed by atoms with Crippen LogP contribution >= 0.6 is 11.3 Å². The topological polar surface area (TPSA) is 71.2 Å². The van der Waals surface area contributed by atoms with E-state index >= 15 is 0 Å². The first kappa shape index (κ1) is 14.3. The number of aliphatic hydroxyl groups excluding tert-OH is 1. The summed E-state index contributed by atoms with van der Waals surface area (Å²) in [7, 11) is 0. The second kappa shape index (κ2) is 5.75. The number of aryl methyl sites for hydroxylation is 1. The van der Waals surface area contributed by atoms with Crippen LogP contribution in [-0.2, 0) is 19.7 Å². The number of rotatable bonds is 2. The van der Waals surface area contributed by atoms with Gasteiger partial charge >= 0.3 is 0 Å². The van der Waals surface area contributed by atoms with E-state index in [-0.39, 0.29) is 12.5 Å². The molecule has 0 bridgehead atoms. The van der Waals surface area contributed by atoms with Crippen molar-refractivity contribution in [1.82, 2.24) is 19.7 Å². The Hall–Kier alpha value is -2.25. The van der Waals surface area contributed by atoms with Gasteiger partial charge in [0.1, 0.15) is 0 Å². The SMILES string of the molecule is O=C(c1ccc2ncsc2c1)N1CCCn2nc(CO)cc2C1. The summed E-state index contributed by atoms with van der Waals surface area (Å²) in [6.07, 6.45) is 0.855. The molecule has 0 radical (unpaired) electrons. The molecule has 4 rings (SSSR count). The zero-order valence-corrected chi connectivity index (χ0v) is 13.3. The number of benzene rings is 1. The molecular weight excluding hydrogens is 312 g/mol. The lowest BCUT2D eigenvalue weighted by Gasteiger charge is -2.20. The first-order chi connectivity index (χ1) is 11.2. The molecule has 1 amide bonds. The largest absolute Gasteiger partial charge is 0.390 e. The highest BCUT2D eigenvalue weighted by Gasteiger charge is 2.22. The molecule has 1 N–H and O–H groups in total. The van der Waals surface area contributed by atoms with Crippen molar-refractivity contribution in [1.29, 1.82) is 0 Å². The Morgan fingerprint density at radius 1 is 1.30 bits per heavy atom. The van der Waals surface area contributed by atoms with E-state index in [9.17, 15) is 9.90 Å². The van der Waals surface area contributed by atoms with Crippen molar-refractivity contribution in [2.75, 3.05) is 6.54 Å². The highest BCUT2D eigenvalue weighted by molar-refractivity contribution is 7.16. The van der Waals surface area contributed by atoms with Crippen molar-refractivity contribution in [3.05, 3.63) is 46.7 Å². The first-order valence-corrected chi connectivity index (χ1v) is 8.41. The van der Waals surface area contributed by atoms with E-state index in [4.69, 9.17) is 0 Å². The second-order valence-corrected chi connectivity index (χ2v) is 6.51. The van der Waals surface area contributed by atoms with Gasteiger partial charge in [-0.2, -0.15) is 5.10 Å². The first-order valence-electron chi connectivity index (χ1n) is 7.53. The molecule has 118 valence electrons. The molecule has 7 heteroatoms. The number of aliphatic hydroxyl groups is 1. The van der Waals surface area contributed by atoms with Crippen molar-refractivity contribution in [3.63, 3.8) is 0 Å². The maximum absolute atomic E-state index is 12.8. The number of amides is 1. The van der Waals surface area contributed by atoms with E-state index in [1.165, 1.54) is 0 Å². The summed E-state index contributed by atoms with van der Waals surface area (Å²) in [5.41, 5.74) is 5.03. The maximum atomic E-state index is 12.8. The fourth-order valence-corrected chi connectivity index (χ4v) is 3.66. The predicted molar refractivity (Wildman–Crippen MR) is 87.1 cm³/mol. The smallest absolute Gasteiger partial charge is 0.254 e. The Kier molecular flexibility index (Phi) is 3.59. The van der Waals surface area contributed by atoms with Crippen LogP contribution < -0.4 is 0 Å². The van der Waals surface area contributed by atoms with Gasteiger partial charge in [-0.15, -0.1) is 11.3 Å². The summed E-state index contributed by atoms with van der Waals surface area (Å²) in [4.78, 5) is 18.9. The number of aromatic nitrogens is 3. The number of nitrogens with zero attached hydrogens (tertiary/aromatic N) is 4. The third kappa shape index (κ3) is 2.62. The average molecular weight is 328 g/mol. The maximum Gasteiger partial charge on any atom is 0.254 e. The normalized spacial score (nSPS) is 14.7. The van der Waals surface area contributed by atoms with Crippen LogP contribution in [-0.4, -0.2) is 37.2 Å². The van der Waals surface area contributed by atoms with E-state index in [1.807, 2.05) is 33.8 Å². The Balaban J connectivity index is 1.62. The van der Waals surface area contributed by atoms with Crippen LogP contribution in [0.3, 0.4) is 0 Å². The molecular formula is C16H16N4O2S. The van der Waals surface area contributed by atoms with E-state index in [2.05, 4.69) is 10.1 Å². The van der Waals surface area contributed by atoms with Gasteiger partial charge in [0, 0.05) is 18.7 Å². The van der Waals surface area contributed by atoms with Crippen LogP contribution in [0.25, 0.3) is 10.2 Å². The molecule has 3 aromatic rings. The van der Waals surface area contributed by atoms with Crippen molar-refractivity contribution in [2.45, 2.75) is 26.1 Å². The lowest BCUT2D eigenvalue weighted by molar-refractivity contribution is 0.0746. The van der Waals surface area contributed by atoms with Crippen LogP contribution in [0.5, 0.6) is 0 Å². The number of carbonyl (C=O) groups excluding carboxylic acids is 1. The molecule has 1 aromatic carbocycles. The van der Waals surface area contributed by atoms with Gasteiger partial charge in [-0.05, 0) is 30.7 Å². The van der Waals surface area contributed by atoms with Gasteiger partial charge in [-0.1, -0.05) is 0 Å². The Morgan fingerprint density at radius 2 is 2.22 bits per heavy atom. The van der Waals surface area contributed by atoms with Crippen molar-refractivity contribution in [3.8, 4) is 0 Å². The molecule has 2 aromatic heterocycles. The second-order valence-electron chi connectivity index (χ2n) is 5.62. The number of carbonyl (C=O) groups is 1. The monoisotopic (exact) mass is 328 g/mol. The molecule has 0 unspecified atom stereocenters. The lowest BCUT2D eigenvalue weighted by Crippen LogP contribution is -2.30. The van der Waals surface area contributed by atoms with Gasteiger partial charge < -0.3 is 10.0 Å². The predicted octanol–water partition coefficient (Wildman–Crippen LogP) is 2.03. The number of thiazole rings is 1. The highest BCUT2D eigenvalue weighted by Crippen LogP contribution is 2.22. The Morgan fingerprint density at radius 3 is 3.09 bits per heavy atom. The summed E-state index contributed by atoms with van der Waals surface area (Å²) < 4.78 is 2.92.